The van der Waals surface area contributed by atoms with E-state index in [1.54, 1.807) is 0 Å². The Balaban J connectivity index is 1.50. The number of carbonyl (C=O) groups excluding carboxylic acids is 3. The zero-order chi connectivity index (χ0) is 20.3. The van der Waals surface area contributed by atoms with Gasteiger partial charge in [-0.1, -0.05) is 26.0 Å². The lowest BCUT2D eigenvalue weighted by atomic mass is 9.93. The smallest absolute Gasteiger partial charge is 0.325 e. The number of hydrogen-bond donors (Lipinski definition) is 2. The van der Waals surface area contributed by atoms with Gasteiger partial charge in [0.25, 0.3) is 5.91 Å². The normalized spacial score (nSPS) is 15.9. The fourth-order valence-electron chi connectivity index (χ4n) is 3.69. The van der Waals surface area contributed by atoms with Gasteiger partial charge in [0.05, 0.1) is 11.0 Å². The van der Waals surface area contributed by atoms with E-state index in [4.69, 9.17) is 0 Å². The van der Waals surface area contributed by atoms with E-state index in [1.165, 1.54) is 0 Å². The van der Waals surface area contributed by atoms with Crippen LogP contribution in [0.3, 0.4) is 0 Å². The fourth-order valence-corrected chi connectivity index (χ4v) is 3.69. The molecule has 2 heterocycles. The fraction of sp³-hybridized carbons (Fsp3) is 0.500. The molecular formula is C20H27N5O3. The summed E-state index contributed by atoms with van der Waals surface area (Å²) in [5.74, 6) is 0.277. The summed E-state index contributed by atoms with van der Waals surface area (Å²) in [5, 5.41) is 5.53. The number of nitrogens with one attached hydrogen (secondary N) is 2. The Hall–Kier alpha value is -2.90. The van der Waals surface area contributed by atoms with E-state index in [9.17, 15) is 14.4 Å². The first-order valence-corrected chi connectivity index (χ1v) is 9.74. The number of imidazole rings is 1. The van der Waals surface area contributed by atoms with E-state index >= 15 is 0 Å². The van der Waals surface area contributed by atoms with Crippen LogP contribution in [0.1, 0.15) is 38.9 Å². The third-order valence-electron chi connectivity index (χ3n) is 5.48. The van der Waals surface area contributed by atoms with Gasteiger partial charge in [-0.15, -0.1) is 0 Å². The molecule has 4 amide bonds. The number of aromatic nitrogens is 2. The minimum atomic E-state index is -0.878. The van der Waals surface area contributed by atoms with Gasteiger partial charge in [-0.2, -0.15) is 0 Å². The number of urea groups is 1. The quantitative estimate of drug-likeness (QED) is 0.536. The van der Waals surface area contributed by atoms with E-state index in [0.717, 1.165) is 34.7 Å². The molecule has 1 aromatic heterocycles. The summed E-state index contributed by atoms with van der Waals surface area (Å²) in [6.07, 6.45) is 1.73. The van der Waals surface area contributed by atoms with Gasteiger partial charge in [-0.05, 0) is 38.3 Å². The summed E-state index contributed by atoms with van der Waals surface area (Å²) < 4.78 is 2.12. The molecule has 1 fully saturated rings. The van der Waals surface area contributed by atoms with E-state index < -0.39 is 11.6 Å². The number of para-hydroxylation sites is 2. The predicted octanol–water partition coefficient (Wildman–Crippen LogP) is 1.96. The van der Waals surface area contributed by atoms with Crippen molar-refractivity contribution in [3.63, 3.8) is 0 Å². The number of amides is 4. The Kier molecular flexibility index (Phi) is 5.67. The molecule has 8 heteroatoms. The third kappa shape index (κ3) is 3.58. The van der Waals surface area contributed by atoms with Gasteiger partial charge < -0.3 is 15.2 Å². The first-order chi connectivity index (χ1) is 13.4. The molecule has 0 saturated carbocycles. The van der Waals surface area contributed by atoms with E-state index in [0.29, 0.717) is 19.4 Å². The van der Waals surface area contributed by atoms with Crippen LogP contribution >= 0.6 is 0 Å². The van der Waals surface area contributed by atoms with Crippen LogP contribution in [0.4, 0.5) is 4.79 Å². The van der Waals surface area contributed by atoms with Crippen LogP contribution in [0.15, 0.2) is 24.3 Å². The maximum absolute atomic E-state index is 12.5. The molecule has 28 heavy (non-hydrogen) atoms. The van der Waals surface area contributed by atoms with Crippen molar-refractivity contribution in [2.75, 3.05) is 13.1 Å². The zero-order valence-electron chi connectivity index (χ0n) is 16.6. The SMILES string of the molecule is CCC1(CC)NC(=O)N(CC(=O)NCCCn2c(C)nc3ccccc32)C1=O. The first-order valence-electron chi connectivity index (χ1n) is 9.74. The Morgan fingerprint density at radius 1 is 1.21 bits per heavy atom. The molecule has 3 rings (SSSR count). The molecule has 8 nitrogen and oxygen atoms in total. The summed E-state index contributed by atoms with van der Waals surface area (Å²) in [6.45, 7) is 6.61. The molecule has 1 aliphatic heterocycles. The molecule has 0 bridgehead atoms. The molecule has 2 aromatic rings. The van der Waals surface area contributed by atoms with Gasteiger partial charge in [0.2, 0.25) is 5.91 Å². The first kappa shape index (κ1) is 19.9. The standard InChI is InChI=1S/C20H27N5O3/c1-4-20(5-2)18(27)25(19(28)23-20)13-17(26)21-11-8-12-24-14(3)22-15-9-6-7-10-16(15)24/h6-7,9-10H,4-5,8,11-13H2,1-3H3,(H,21,26)(H,23,28). The van der Waals surface area contributed by atoms with E-state index in [-0.39, 0.29) is 18.4 Å². The van der Waals surface area contributed by atoms with Crippen molar-refractivity contribution in [2.24, 2.45) is 0 Å². The number of aryl methyl sites for hydroxylation is 2. The molecule has 0 aliphatic carbocycles. The van der Waals surface area contributed by atoms with Gasteiger partial charge in [0.15, 0.2) is 0 Å². The highest BCUT2D eigenvalue weighted by Crippen LogP contribution is 2.24. The number of carbonyl (C=O) groups is 3. The maximum atomic E-state index is 12.5. The maximum Gasteiger partial charge on any atom is 0.325 e. The number of nitrogens with zero attached hydrogens (tertiary/aromatic N) is 3. The Bertz CT molecular complexity index is 900. The highest BCUT2D eigenvalue weighted by molar-refractivity contribution is 6.08. The van der Waals surface area contributed by atoms with Crippen LogP contribution in [0, 0.1) is 6.92 Å². The zero-order valence-corrected chi connectivity index (χ0v) is 16.6. The van der Waals surface area contributed by atoms with Crippen LogP contribution in [-0.4, -0.2) is 50.9 Å². The number of rotatable bonds is 8. The number of benzene rings is 1. The second kappa shape index (κ2) is 8.00. The summed E-state index contributed by atoms with van der Waals surface area (Å²) in [7, 11) is 0. The minimum absolute atomic E-state index is 0.251. The summed E-state index contributed by atoms with van der Waals surface area (Å²) in [4.78, 5) is 42.4. The van der Waals surface area contributed by atoms with Crippen LogP contribution in [0.2, 0.25) is 0 Å². The van der Waals surface area contributed by atoms with E-state index in [2.05, 4.69) is 20.2 Å². The Morgan fingerprint density at radius 3 is 2.61 bits per heavy atom. The van der Waals surface area contributed by atoms with Crippen LogP contribution in [0.5, 0.6) is 0 Å². The molecule has 150 valence electrons. The lowest BCUT2D eigenvalue weighted by Gasteiger charge is -2.23. The van der Waals surface area contributed by atoms with Gasteiger partial charge in [0.1, 0.15) is 17.9 Å². The third-order valence-corrected chi connectivity index (χ3v) is 5.48. The van der Waals surface area contributed by atoms with E-state index in [1.807, 2.05) is 45.0 Å². The summed E-state index contributed by atoms with van der Waals surface area (Å²) in [5.41, 5.74) is 1.15. The Labute approximate surface area is 164 Å². The highest BCUT2D eigenvalue weighted by atomic mass is 16.2. The number of fused-ring (bicyclic) bond motifs is 1. The molecule has 2 N–H and O–H groups in total. The average molecular weight is 385 g/mol. The number of imide groups is 1. The molecule has 0 atom stereocenters. The molecular weight excluding hydrogens is 358 g/mol. The number of hydrogen-bond acceptors (Lipinski definition) is 4. The summed E-state index contributed by atoms with van der Waals surface area (Å²) in [6, 6.07) is 7.45. The van der Waals surface area contributed by atoms with Crippen molar-refractivity contribution in [1.82, 2.24) is 25.1 Å². The van der Waals surface area contributed by atoms with Crippen molar-refractivity contribution in [3.05, 3.63) is 30.1 Å². The molecule has 0 spiro atoms. The van der Waals surface area contributed by atoms with Crippen molar-refractivity contribution in [2.45, 2.75) is 52.1 Å². The second-order valence-electron chi connectivity index (χ2n) is 7.11. The van der Waals surface area contributed by atoms with Gasteiger partial charge in [-0.25, -0.2) is 9.78 Å². The monoisotopic (exact) mass is 385 g/mol. The van der Waals surface area contributed by atoms with Crippen LogP contribution in [0.25, 0.3) is 11.0 Å². The lowest BCUT2D eigenvalue weighted by molar-refractivity contribution is -0.135. The molecule has 1 aliphatic rings. The van der Waals surface area contributed by atoms with Crippen molar-refractivity contribution >= 4 is 28.9 Å². The topological polar surface area (TPSA) is 96.3 Å². The van der Waals surface area contributed by atoms with Gasteiger partial charge in [0, 0.05) is 13.1 Å². The molecule has 0 radical (unpaired) electrons. The lowest BCUT2D eigenvalue weighted by Crippen LogP contribution is -2.46. The largest absolute Gasteiger partial charge is 0.354 e. The second-order valence-corrected chi connectivity index (χ2v) is 7.11. The van der Waals surface area contributed by atoms with Crippen molar-refractivity contribution < 1.29 is 14.4 Å². The minimum Gasteiger partial charge on any atom is -0.354 e. The Morgan fingerprint density at radius 2 is 1.93 bits per heavy atom. The van der Waals surface area contributed by atoms with Crippen LogP contribution in [-0.2, 0) is 16.1 Å². The molecule has 1 aromatic carbocycles. The molecule has 1 saturated heterocycles. The average Bonchev–Trinajstić information content (AvgIpc) is 3.13. The predicted molar refractivity (Wildman–Crippen MR) is 106 cm³/mol. The van der Waals surface area contributed by atoms with Crippen molar-refractivity contribution in [3.8, 4) is 0 Å². The van der Waals surface area contributed by atoms with Crippen LogP contribution < -0.4 is 10.6 Å². The van der Waals surface area contributed by atoms with Crippen molar-refractivity contribution in [1.29, 1.82) is 0 Å². The highest BCUT2D eigenvalue weighted by Gasteiger charge is 2.49. The van der Waals surface area contributed by atoms with Gasteiger partial charge in [-0.3, -0.25) is 14.5 Å². The van der Waals surface area contributed by atoms with Gasteiger partial charge >= 0.3 is 6.03 Å². The molecule has 0 unspecified atom stereocenters. The summed E-state index contributed by atoms with van der Waals surface area (Å²) >= 11 is 0.